The molecule has 0 saturated carbocycles. The minimum atomic E-state index is -0.326. The summed E-state index contributed by atoms with van der Waals surface area (Å²) in [6.07, 6.45) is 0. The molecular formula is C21H18O3. The van der Waals surface area contributed by atoms with Crippen LogP contribution in [0.4, 0.5) is 0 Å². The summed E-state index contributed by atoms with van der Waals surface area (Å²) < 4.78 is 11.2. The molecule has 0 saturated heterocycles. The smallest absolute Gasteiger partial charge is 0.338 e. The Morgan fingerprint density at radius 2 is 1.58 bits per heavy atom. The molecule has 3 heteroatoms. The van der Waals surface area contributed by atoms with E-state index < -0.39 is 0 Å². The third-order valence-electron chi connectivity index (χ3n) is 3.50. The Labute approximate surface area is 141 Å². The van der Waals surface area contributed by atoms with Gasteiger partial charge in [-0.1, -0.05) is 48.0 Å². The summed E-state index contributed by atoms with van der Waals surface area (Å²) >= 11 is 0. The summed E-state index contributed by atoms with van der Waals surface area (Å²) in [7, 11) is 0. The molecule has 24 heavy (non-hydrogen) atoms. The standard InChI is InChI=1S/C21H18O3/c1-16-7-5-9-18(13-16)21(22)23-15-17-8-6-12-20(14-17)24-19-10-3-2-4-11-19/h2-14H,15H2,1H3. The maximum absolute atomic E-state index is 12.1. The summed E-state index contributed by atoms with van der Waals surface area (Å²) in [5, 5.41) is 0. The third-order valence-corrected chi connectivity index (χ3v) is 3.50. The number of rotatable bonds is 5. The first-order chi connectivity index (χ1) is 11.7. The minimum Gasteiger partial charge on any atom is -0.457 e. The minimum absolute atomic E-state index is 0.207. The Bertz CT molecular complexity index is 825. The normalized spacial score (nSPS) is 10.2. The molecule has 0 atom stereocenters. The molecule has 0 heterocycles. The van der Waals surface area contributed by atoms with E-state index in [9.17, 15) is 4.79 Å². The van der Waals surface area contributed by atoms with Crippen molar-refractivity contribution in [1.82, 2.24) is 0 Å². The topological polar surface area (TPSA) is 35.5 Å². The van der Waals surface area contributed by atoms with Crippen molar-refractivity contribution < 1.29 is 14.3 Å². The molecule has 0 aliphatic carbocycles. The van der Waals surface area contributed by atoms with Crippen LogP contribution >= 0.6 is 0 Å². The molecule has 3 aromatic carbocycles. The van der Waals surface area contributed by atoms with Crippen molar-refractivity contribution in [2.75, 3.05) is 0 Å². The number of aryl methyl sites for hydroxylation is 1. The Kier molecular flexibility index (Phi) is 4.92. The second kappa shape index (κ2) is 7.47. The van der Waals surface area contributed by atoms with Crippen LogP contribution in [0.5, 0.6) is 11.5 Å². The maximum atomic E-state index is 12.1. The first-order valence-electron chi connectivity index (χ1n) is 7.76. The summed E-state index contributed by atoms with van der Waals surface area (Å²) in [5.74, 6) is 1.16. The van der Waals surface area contributed by atoms with E-state index in [2.05, 4.69) is 0 Å². The van der Waals surface area contributed by atoms with Crippen LogP contribution in [-0.4, -0.2) is 5.97 Å². The van der Waals surface area contributed by atoms with Crippen molar-refractivity contribution >= 4 is 5.97 Å². The van der Waals surface area contributed by atoms with Gasteiger partial charge in [0.05, 0.1) is 5.56 Å². The van der Waals surface area contributed by atoms with Gasteiger partial charge in [-0.15, -0.1) is 0 Å². The number of benzene rings is 3. The molecule has 3 rings (SSSR count). The lowest BCUT2D eigenvalue weighted by molar-refractivity contribution is 0.0472. The monoisotopic (exact) mass is 318 g/mol. The van der Waals surface area contributed by atoms with E-state index in [1.54, 1.807) is 6.07 Å². The van der Waals surface area contributed by atoms with E-state index in [1.807, 2.05) is 79.7 Å². The van der Waals surface area contributed by atoms with Crippen LogP contribution in [0.3, 0.4) is 0 Å². The van der Waals surface area contributed by atoms with Gasteiger partial charge in [-0.05, 0) is 48.9 Å². The number of hydrogen-bond acceptors (Lipinski definition) is 3. The fraction of sp³-hybridized carbons (Fsp3) is 0.0952. The maximum Gasteiger partial charge on any atom is 0.338 e. The Morgan fingerprint density at radius 1 is 0.833 bits per heavy atom. The Balaban J connectivity index is 1.63. The first kappa shape index (κ1) is 15.8. The van der Waals surface area contributed by atoms with Gasteiger partial charge in [-0.2, -0.15) is 0 Å². The number of carbonyl (C=O) groups excluding carboxylic acids is 1. The Hall–Kier alpha value is -3.07. The molecule has 0 unspecified atom stereocenters. The molecule has 3 aromatic rings. The molecule has 3 nitrogen and oxygen atoms in total. The molecule has 0 bridgehead atoms. The van der Waals surface area contributed by atoms with Gasteiger partial charge in [-0.25, -0.2) is 4.79 Å². The number of para-hydroxylation sites is 1. The fourth-order valence-corrected chi connectivity index (χ4v) is 2.33. The van der Waals surface area contributed by atoms with Gasteiger partial charge in [0.15, 0.2) is 0 Å². The van der Waals surface area contributed by atoms with Gasteiger partial charge in [0, 0.05) is 0 Å². The third kappa shape index (κ3) is 4.23. The zero-order chi connectivity index (χ0) is 16.8. The van der Waals surface area contributed by atoms with E-state index in [0.717, 1.165) is 16.9 Å². The van der Waals surface area contributed by atoms with Crippen LogP contribution in [0.15, 0.2) is 78.9 Å². The lowest BCUT2D eigenvalue weighted by atomic mass is 10.1. The summed E-state index contributed by atoms with van der Waals surface area (Å²) in [5.41, 5.74) is 2.47. The highest BCUT2D eigenvalue weighted by molar-refractivity contribution is 5.89. The van der Waals surface area contributed by atoms with Gasteiger partial charge >= 0.3 is 5.97 Å². The number of hydrogen-bond donors (Lipinski definition) is 0. The van der Waals surface area contributed by atoms with Crippen molar-refractivity contribution in [2.24, 2.45) is 0 Å². The molecule has 120 valence electrons. The SMILES string of the molecule is Cc1cccc(C(=O)OCc2cccc(Oc3ccccc3)c2)c1. The van der Waals surface area contributed by atoms with Crippen molar-refractivity contribution in [3.05, 3.63) is 95.6 Å². The predicted octanol–water partition coefficient (Wildman–Crippen LogP) is 5.14. The zero-order valence-corrected chi connectivity index (χ0v) is 13.4. The quantitative estimate of drug-likeness (QED) is 0.611. The van der Waals surface area contributed by atoms with E-state index >= 15 is 0 Å². The van der Waals surface area contributed by atoms with E-state index in [-0.39, 0.29) is 12.6 Å². The lowest BCUT2D eigenvalue weighted by Crippen LogP contribution is -2.05. The second-order valence-corrected chi connectivity index (χ2v) is 5.51. The van der Waals surface area contributed by atoms with Crippen molar-refractivity contribution in [1.29, 1.82) is 0 Å². The van der Waals surface area contributed by atoms with E-state index in [1.165, 1.54) is 0 Å². The number of carbonyl (C=O) groups is 1. The Morgan fingerprint density at radius 3 is 2.38 bits per heavy atom. The number of esters is 1. The highest BCUT2D eigenvalue weighted by Crippen LogP contribution is 2.22. The predicted molar refractivity (Wildman–Crippen MR) is 93.3 cm³/mol. The molecule has 0 aliphatic rings. The summed E-state index contributed by atoms with van der Waals surface area (Å²) in [4.78, 5) is 12.1. The molecule has 0 aliphatic heterocycles. The number of ether oxygens (including phenoxy) is 2. The van der Waals surface area contributed by atoms with Crippen LogP contribution in [0.25, 0.3) is 0 Å². The average molecular weight is 318 g/mol. The second-order valence-electron chi connectivity index (χ2n) is 5.51. The van der Waals surface area contributed by atoms with Gasteiger partial charge in [0.25, 0.3) is 0 Å². The fourth-order valence-electron chi connectivity index (χ4n) is 2.33. The molecule has 0 amide bonds. The van der Waals surface area contributed by atoms with Crippen LogP contribution in [-0.2, 0) is 11.3 Å². The van der Waals surface area contributed by atoms with Crippen LogP contribution < -0.4 is 4.74 Å². The largest absolute Gasteiger partial charge is 0.457 e. The van der Waals surface area contributed by atoms with Gasteiger partial charge in [0.2, 0.25) is 0 Å². The molecule has 0 N–H and O–H groups in total. The molecule has 0 spiro atoms. The summed E-state index contributed by atoms with van der Waals surface area (Å²) in [6, 6.07) is 24.5. The van der Waals surface area contributed by atoms with E-state index in [4.69, 9.17) is 9.47 Å². The lowest BCUT2D eigenvalue weighted by Gasteiger charge is -2.09. The molecule has 0 fully saturated rings. The van der Waals surface area contributed by atoms with Gasteiger partial charge in [-0.3, -0.25) is 0 Å². The van der Waals surface area contributed by atoms with Crippen molar-refractivity contribution in [3.8, 4) is 11.5 Å². The van der Waals surface area contributed by atoms with Gasteiger partial charge in [0.1, 0.15) is 18.1 Å². The van der Waals surface area contributed by atoms with Crippen molar-refractivity contribution in [3.63, 3.8) is 0 Å². The van der Waals surface area contributed by atoms with Crippen molar-refractivity contribution in [2.45, 2.75) is 13.5 Å². The summed E-state index contributed by atoms with van der Waals surface area (Å²) in [6.45, 7) is 2.15. The molecule has 0 aromatic heterocycles. The molecule has 0 radical (unpaired) electrons. The average Bonchev–Trinajstić information content (AvgIpc) is 2.61. The highest BCUT2D eigenvalue weighted by atomic mass is 16.5. The van der Waals surface area contributed by atoms with E-state index in [0.29, 0.717) is 11.3 Å². The van der Waals surface area contributed by atoms with Crippen LogP contribution in [0.1, 0.15) is 21.5 Å². The van der Waals surface area contributed by atoms with Gasteiger partial charge < -0.3 is 9.47 Å². The zero-order valence-electron chi connectivity index (χ0n) is 13.4. The highest BCUT2D eigenvalue weighted by Gasteiger charge is 2.08. The first-order valence-corrected chi connectivity index (χ1v) is 7.76. The molecular weight excluding hydrogens is 300 g/mol. The van der Waals surface area contributed by atoms with Crippen LogP contribution in [0, 0.1) is 6.92 Å². The van der Waals surface area contributed by atoms with Crippen LogP contribution in [0.2, 0.25) is 0 Å².